The van der Waals surface area contributed by atoms with Gasteiger partial charge in [0.25, 0.3) is 0 Å². The van der Waals surface area contributed by atoms with Crippen LogP contribution < -0.4 is 15.4 Å². The van der Waals surface area contributed by atoms with E-state index in [0.29, 0.717) is 12.5 Å². The number of carbonyl (C=O) groups is 1. The Balaban J connectivity index is 1.76. The van der Waals surface area contributed by atoms with Gasteiger partial charge in [0.15, 0.2) is 0 Å². The normalized spacial score (nSPS) is 18.9. The largest absolute Gasteiger partial charge is 0.497 e. The number of nitrogens with one attached hydrogen (secondary N) is 2. The Bertz CT molecular complexity index is 414. The number of piperidine rings is 1. The predicted molar refractivity (Wildman–Crippen MR) is 76.5 cm³/mol. The van der Waals surface area contributed by atoms with Gasteiger partial charge in [-0.1, -0.05) is 12.5 Å². The van der Waals surface area contributed by atoms with Crippen molar-refractivity contribution < 1.29 is 9.53 Å². The second kappa shape index (κ2) is 7.14. The summed E-state index contributed by atoms with van der Waals surface area (Å²) in [5, 5.41) is 6.37. The van der Waals surface area contributed by atoms with E-state index in [0.717, 1.165) is 24.4 Å². The van der Waals surface area contributed by atoms with Crippen molar-refractivity contribution in [1.82, 2.24) is 5.32 Å². The number of ether oxygens (including phenoxy) is 1. The molecule has 104 valence electrons. The van der Waals surface area contributed by atoms with Crippen LogP contribution in [0.3, 0.4) is 0 Å². The van der Waals surface area contributed by atoms with E-state index in [9.17, 15) is 4.79 Å². The van der Waals surface area contributed by atoms with Gasteiger partial charge in [0.05, 0.1) is 7.11 Å². The Hall–Kier alpha value is -1.55. The van der Waals surface area contributed by atoms with Gasteiger partial charge in [-0.3, -0.25) is 4.79 Å². The lowest BCUT2D eigenvalue weighted by Crippen LogP contribution is -2.34. The first kappa shape index (κ1) is 13.9. The molecule has 1 amide bonds. The van der Waals surface area contributed by atoms with Crippen LogP contribution in [0.25, 0.3) is 0 Å². The summed E-state index contributed by atoms with van der Waals surface area (Å²) in [4.78, 5) is 11.9. The minimum atomic E-state index is 0.0700. The first-order chi connectivity index (χ1) is 9.28. The van der Waals surface area contributed by atoms with Crippen LogP contribution in [-0.4, -0.2) is 25.6 Å². The van der Waals surface area contributed by atoms with Crippen molar-refractivity contribution in [3.8, 4) is 5.75 Å². The molecule has 2 N–H and O–H groups in total. The van der Waals surface area contributed by atoms with Gasteiger partial charge < -0.3 is 15.4 Å². The van der Waals surface area contributed by atoms with Crippen molar-refractivity contribution in [2.45, 2.75) is 38.1 Å². The van der Waals surface area contributed by atoms with Gasteiger partial charge in [0, 0.05) is 24.2 Å². The molecule has 1 saturated heterocycles. The molecule has 0 aliphatic carbocycles. The number of carbonyl (C=O) groups excluding carboxylic acids is 1. The number of anilines is 1. The van der Waals surface area contributed by atoms with E-state index in [1.165, 1.54) is 19.3 Å². The maximum Gasteiger partial charge on any atom is 0.224 e. The van der Waals surface area contributed by atoms with Crippen molar-refractivity contribution in [2.75, 3.05) is 19.0 Å². The summed E-state index contributed by atoms with van der Waals surface area (Å²) in [6.07, 6.45) is 5.19. The Morgan fingerprint density at radius 2 is 2.37 bits per heavy atom. The van der Waals surface area contributed by atoms with E-state index in [-0.39, 0.29) is 5.91 Å². The molecule has 1 aliphatic rings. The molecule has 1 fully saturated rings. The van der Waals surface area contributed by atoms with Crippen molar-refractivity contribution >= 4 is 11.6 Å². The van der Waals surface area contributed by atoms with E-state index in [4.69, 9.17) is 4.74 Å². The summed E-state index contributed by atoms with van der Waals surface area (Å²) >= 11 is 0. The van der Waals surface area contributed by atoms with Crippen LogP contribution in [-0.2, 0) is 4.79 Å². The lowest BCUT2D eigenvalue weighted by atomic mass is 10.0. The third kappa shape index (κ3) is 4.56. The van der Waals surface area contributed by atoms with Gasteiger partial charge in [0.2, 0.25) is 5.91 Å². The monoisotopic (exact) mass is 262 g/mol. The smallest absolute Gasteiger partial charge is 0.224 e. The lowest BCUT2D eigenvalue weighted by Gasteiger charge is -2.23. The third-order valence-electron chi connectivity index (χ3n) is 3.49. The van der Waals surface area contributed by atoms with E-state index in [1.807, 2.05) is 24.3 Å². The molecular weight excluding hydrogens is 240 g/mol. The van der Waals surface area contributed by atoms with Gasteiger partial charge in [-0.25, -0.2) is 0 Å². The maximum atomic E-state index is 11.9. The minimum absolute atomic E-state index is 0.0700. The number of methoxy groups -OCH3 is 1. The van der Waals surface area contributed by atoms with Crippen LogP contribution in [0.4, 0.5) is 5.69 Å². The van der Waals surface area contributed by atoms with Crippen molar-refractivity contribution in [3.05, 3.63) is 24.3 Å². The topological polar surface area (TPSA) is 50.4 Å². The van der Waals surface area contributed by atoms with Crippen LogP contribution >= 0.6 is 0 Å². The van der Waals surface area contributed by atoms with Gasteiger partial charge >= 0.3 is 0 Å². The van der Waals surface area contributed by atoms with Gasteiger partial charge in [0.1, 0.15) is 5.75 Å². The summed E-state index contributed by atoms with van der Waals surface area (Å²) in [5.74, 6) is 0.826. The molecule has 19 heavy (non-hydrogen) atoms. The Morgan fingerprint density at radius 1 is 1.47 bits per heavy atom. The molecule has 0 radical (unpaired) electrons. The molecule has 4 nitrogen and oxygen atoms in total. The molecule has 0 saturated carbocycles. The molecular formula is C15H22N2O2. The highest BCUT2D eigenvalue weighted by molar-refractivity contribution is 5.90. The number of hydrogen-bond donors (Lipinski definition) is 2. The summed E-state index contributed by atoms with van der Waals surface area (Å²) in [5.41, 5.74) is 0.793. The lowest BCUT2D eigenvalue weighted by molar-refractivity contribution is -0.116. The highest BCUT2D eigenvalue weighted by Gasteiger charge is 2.14. The van der Waals surface area contributed by atoms with Gasteiger partial charge in [-0.2, -0.15) is 0 Å². The van der Waals surface area contributed by atoms with Crippen LogP contribution in [0.1, 0.15) is 32.1 Å². The quantitative estimate of drug-likeness (QED) is 0.857. The van der Waals surface area contributed by atoms with E-state index in [1.54, 1.807) is 7.11 Å². The molecule has 1 aromatic carbocycles. The maximum absolute atomic E-state index is 11.9. The fourth-order valence-electron chi connectivity index (χ4n) is 2.40. The molecule has 0 bridgehead atoms. The molecule has 0 spiro atoms. The molecule has 1 atom stereocenters. The number of rotatable bonds is 5. The third-order valence-corrected chi connectivity index (χ3v) is 3.49. The zero-order valence-electron chi connectivity index (χ0n) is 11.4. The van der Waals surface area contributed by atoms with E-state index in [2.05, 4.69) is 10.6 Å². The zero-order chi connectivity index (χ0) is 13.5. The van der Waals surface area contributed by atoms with E-state index >= 15 is 0 Å². The van der Waals surface area contributed by atoms with Crippen molar-refractivity contribution in [1.29, 1.82) is 0 Å². The van der Waals surface area contributed by atoms with Gasteiger partial charge in [-0.05, 0) is 37.9 Å². The Kier molecular flexibility index (Phi) is 5.21. The SMILES string of the molecule is COc1cccc(NC(=O)CCC2CCCCN2)c1. The highest BCUT2D eigenvalue weighted by atomic mass is 16.5. The summed E-state index contributed by atoms with van der Waals surface area (Å²) in [6, 6.07) is 7.94. The second-order valence-corrected chi connectivity index (χ2v) is 4.97. The molecule has 4 heteroatoms. The van der Waals surface area contributed by atoms with Gasteiger partial charge in [-0.15, -0.1) is 0 Å². The van der Waals surface area contributed by atoms with Crippen LogP contribution in [0, 0.1) is 0 Å². The average Bonchev–Trinajstić information content (AvgIpc) is 2.46. The second-order valence-electron chi connectivity index (χ2n) is 4.97. The minimum Gasteiger partial charge on any atom is -0.497 e. The molecule has 1 aliphatic heterocycles. The fourth-order valence-corrected chi connectivity index (χ4v) is 2.40. The van der Waals surface area contributed by atoms with Crippen LogP contribution in [0.2, 0.25) is 0 Å². The molecule has 2 rings (SSSR count). The predicted octanol–water partition coefficient (Wildman–Crippen LogP) is 2.56. The standard InChI is InChI=1S/C15H22N2O2/c1-19-14-7-4-6-13(11-14)17-15(18)9-8-12-5-2-3-10-16-12/h4,6-7,11-12,16H,2-3,5,8-10H2,1H3,(H,17,18). The number of amides is 1. The first-order valence-corrected chi connectivity index (χ1v) is 6.95. The van der Waals surface area contributed by atoms with Crippen LogP contribution in [0.15, 0.2) is 24.3 Å². The molecule has 1 unspecified atom stereocenters. The fraction of sp³-hybridized carbons (Fsp3) is 0.533. The number of benzene rings is 1. The van der Waals surface area contributed by atoms with Crippen LogP contribution in [0.5, 0.6) is 5.75 Å². The highest BCUT2D eigenvalue weighted by Crippen LogP contribution is 2.17. The Morgan fingerprint density at radius 3 is 3.11 bits per heavy atom. The first-order valence-electron chi connectivity index (χ1n) is 6.95. The summed E-state index contributed by atoms with van der Waals surface area (Å²) in [6.45, 7) is 1.09. The molecule has 1 aromatic rings. The summed E-state index contributed by atoms with van der Waals surface area (Å²) < 4.78 is 5.13. The van der Waals surface area contributed by atoms with E-state index < -0.39 is 0 Å². The Labute approximate surface area is 114 Å². The van der Waals surface area contributed by atoms with Crippen molar-refractivity contribution in [3.63, 3.8) is 0 Å². The number of hydrogen-bond acceptors (Lipinski definition) is 3. The van der Waals surface area contributed by atoms with Crippen molar-refractivity contribution in [2.24, 2.45) is 0 Å². The molecule has 0 aromatic heterocycles. The average molecular weight is 262 g/mol. The zero-order valence-corrected chi connectivity index (χ0v) is 11.4. The summed E-state index contributed by atoms with van der Waals surface area (Å²) in [7, 11) is 1.62. The molecule has 1 heterocycles.